The van der Waals surface area contributed by atoms with Crippen molar-refractivity contribution in [2.24, 2.45) is 11.8 Å². The fourth-order valence-electron chi connectivity index (χ4n) is 4.76. The van der Waals surface area contributed by atoms with E-state index in [1.54, 1.807) is 39.9 Å². The Morgan fingerprint density at radius 1 is 0.957 bits per heavy atom. The van der Waals surface area contributed by atoms with Crippen LogP contribution in [0.3, 0.4) is 0 Å². The SMILES string of the molecule is CC(C)(C)OC(=O)N[C@@H](Cc1ccc(OS(=O)(=O)C(F)(F)F)cc1)[C@H](C[C@@H](Cc1ccccc1F)C(=O)O)CC(C)(C)[Si](C)(C)O. The summed E-state index contributed by atoms with van der Waals surface area (Å²) in [6, 6.07) is 9.69. The van der Waals surface area contributed by atoms with Crippen LogP contribution in [0.1, 0.15) is 58.6 Å². The second-order valence-corrected chi connectivity index (χ2v) is 19.6. The van der Waals surface area contributed by atoms with Gasteiger partial charge >= 0.3 is 27.7 Å². The van der Waals surface area contributed by atoms with Gasteiger partial charge in [-0.25, -0.2) is 9.18 Å². The van der Waals surface area contributed by atoms with E-state index in [4.69, 9.17) is 4.74 Å². The minimum absolute atomic E-state index is 0.0196. The van der Waals surface area contributed by atoms with Crippen LogP contribution in [0.5, 0.6) is 5.75 Å². The highest BCUT2D eigenvalue weighted by Crippen LogP contribution is 2.44. The molecule has 0 aliphatic rings. The van der Waals surface area contributed by atoms with Crippen molar-refractivity contribution in [3.63, 3.8) is 0 Å². The summed E-state index contributed by atoms with van der Waals surface area (Å²) in [5.74, 6) is -4.05. The molecule has 0 unspecified atom stereocenters. The first kappa shape index (κ1) is 39.0. The third kappa shape index (κ3) is 11.6. The predicted molar refractivity (Wildman–Crippen MR) is 167 cm³/mol. The Kier molecular flexibility index (Phi) is 12.5. The number of hydrogen-bond donors (Lipinski definition) is 3. The molecule has 0 saturated heterocycles. The van der Waals surface area contributed by atoms with Gasteiger partial charge in [0, 0.05) is 6.04 Å². The van der Waals surface area contributed by atoms with Crippen LogP contribution in [0.25, 0.3) is 0 Å². The highest BCUT2D eigenvalue weighted by molar-refractivity contribution is 7.88. The summed E-state index contributed by atoms with van der Waals surface area (Å²) in [4.78, 5) is 36.7. The summed E-state index contributed by atoms with van der Waals surface area (Å²) in [6.07, 6.45) is -0.722. The lowest BCUT2D eigenvalue weighted by Gasteiger charge is -2.41. The van der Waals surface area contributed by atoms with Crippen LogP contribution >= 0.6 is 0 Å². The van der Waals surface area contributed by atoms with Crippen molar-refractivity contribution in [3.8, 4) is 5.75 Å². The molecule has 0 bridgehead atoms. The summed E-state index contributed by atoms with van der Waals surface area (Å²) in [5.41, 5.74) is -5.87. The molecule has 258 valence electrons. The van der Waals surface area contributed by atoms with Crippen molar-refractivity contribution in [3.05, 3.63) is 65.5 Å². The number of halogens is 4. The molecule has 2 aromatic carbocycles. The van der Waals surface area contributed by atoms with Gasteiger partial charge in [-0.1, -0.05) is 44.2 Å². The normalized spacial score (nSPS) is 15.0. The standard InChI is InChI=1S/C31H43F4NO8SSi/c1-29(2,3)43-28(39)36-26(16-20-12-14-24(15-13-20)44-45(40,41)31(33,34)35)23(19-30(4,5)46(6,7)42)18-22(27(37)38)17-21-10-8-9-11-25(21)32/h8-15,22-23,26,42H,16-19H2,1-7H3,(H,36,39)(H,37,38)/t22-,23-,26+/m1/s1. The summed E-state index contributed by atoms with van der Waals surface area (Å²) < 4.78 is 85.5. The summed E-state index contributed by atoms with van der Waals surface area (Å²) in [6.45, 7) is 12.1. The zero-order valence-corrected chi connectivity index (χ0v) is 28.8. The molecule has 2 aromatic rings. The molecule has 0 spiro atoms. The lowest BCUT2D eigenvalue weighted by Crippen LogP contribution is -2.48. The number of aliphatic carboxylic acids is 1. The maximum atomic E-state index is 14.6. The molecule has 0 aliphatic heterocycles. The third-order valence-corrected chi connectivity index (χ3v) is 12.4. The highest BCUT2D eigenvalue weighted by Gasteiger charge is 2.48. The lowest BCUT2D eigenvalue weighted by molar-refractivity contribution is -0.142. The number of hydrogen-bond acceptors (Lipinski definition) is 7. The van der Waals surface area contributed by atoms with Crippen molar-refractivity contribution in [2.45, 2.75) is 95.6 Å². The quantitative estimate of drug-likeness (QED) is 0.0850. The summed E-state index contributed by atoms with van der Waals surface area (Å²) >= 11 is 0. The molecule has 9 nitrogen and oxygen atoms in total. The fourth-order valence-corrected chi connectivity index (χ4v) is 5.99. The van der Waals surface area contributed by atoms with Crippen molar-refractivity contribution >= 4 is 30.5 Å². The van der Waals surface area contributed by atoms with Crippen LogP contribution < -0.4 is 9.50 Å². The van der Waals surface area contributed by atoms with Crippen molar-refractivity contribution in [2.75, 3.05) is 0 Å². The average Bonchev–Trinajstić information content (AvgIpc) is 2.87. The van der Waals surface area contributed by atoms with Gasteiger partial charge in [-0.2, -0.15) is 21.6 Å². The second-order valence-electron chi connectivity index (χ2n) is 13.6. The van der Waals surface area contributed by atoms with Crippen LogP contribution in [0.15, 0.2) is 48.5 Å². The maximum absolute atomic E-state index is 14.6. The van der Waals surface area contributed by atoms with E-state index in [9.17, 15) is 45.5 Å². The number of ether oxygens (including phenoxy) is 1. The van der Waals surface area contributed by atoms with Crippen molar-refractivity contribution in [1.29, 1.82) is 0 Å². The van der Waals surface area contributed by atoms with E-state index in [2.05, 4.69) is 9.50 Å². The zero-order chi connectivity index (χ0) is 35.3. The molecule has 2 rings (SSSR count). The van der Waals surface area contributed by atoms with E-state index >= 15 is 0 Å². The number of amides is 1. The summed E-state index contributed by atoms with van der Waals surface area (Å²) in [5, 5.41) is 12.3. The highest BCUT2D eigenvalue weighted by atomic mass is 32.2. The van der Waals surface area contributed by atoms with E-state index in [-0.39, 0.29) is 31.2 Å². The molecule has 0 radical (unpaired) electrons. The number of benzene rings is 2. The monoisotopic (exact) mass is 693 g/mol. The molecule has 0 fully saturated rings. The fraction of sp³-hybridized carbons (Fsp3) is 0.548. The lowest BCUT2D eigenvalue weighted by atomic mass is 9.79. The van der Waals surface area contributed by atoms with Crippen LogP contribution in [-0.2, 0) is 32.5 Å². The van der Waals surface area contributed by atoms with Gasteiger partial charge in [0.05, 0.1) is 5.92 Å². The van der Waals surface area contributed by atoms with Crippen LogP contribution in [0, 0.1) is 17.7 Å². The van der Waals surface area contributed by atoms with Gasteiger partial charge in [0.2, 0.25) is 0 Å². The smallest absolute Gasteiger partial charge is 0.481 e. The molecule has 1 amide bonds. The Morgan fingerprint density at radius 3 is 2.00 bits per heavy atom. The predicted octanol–water partition coefficient (Wildman–Crippen LogP) is 6.81. The van der Waals surface area contributed by atoms with E-state index in [0.717, 1.165) is 12.1 Å². The minimum Gasteiger partial charge on any atom is -0.481 e. The van der Waals surface area contributed by atoms with E-state index in [1.807, 2.05) is 13.8 Å². The van der Waals surface area contributed by atoms with E-state index in [1.165, 1.54) is 30.3 Å². The number of carboxylic acid groups (broad SMARTS) is 1. The Hall–Kier alpha value is -3.17. The molecule has 46 heavy (non-hydrogen) atoms. The third-order valence-electron chi connectivity index (χ3n) is 7.93. The van der Waals surface area contributed by atoms with Gasteiger partial charge in [0.15, 0.2) is 8.32 Å². The first-order valence-electron chi connectivity index (χ1n) is 14.6. The van der Waals surface area contributed by atoms with Crippen molar-refractivity contribution < 1.29 is 54.4 Å². The zero-order valence-electron chi connectivity index (χ0n) is 26.9. The van der Waals surface area contributed by atoms with Gasteiger partial charge in [-0.15, -0.1) is 0 Å². The number of alkyl halides is 3. The van der Waals surface area contributed by atoms with Crippen LogP contribution in [-0.4, -0.2) is 55.9 Å². The Labute approximate surface area is 268 Å². The largest absolute Gasteiger partial charge is 0.534 e. The number of carbonyl (C=O) groups excluding carboxylic acids is 1. The van der Waals surface area contributed by atoms with E-state index in [0.29, 0.717) is 5.56 Å². The van der Waals surface area contributed by atoms with Gasteiger partial charge in [0.1, 0.15) is 17.2 Å². The Morgan fingerprint density at radius 2 is 1.52 bits per heavy atom. The first-order valence-corrected chi connectivity index (χ1v) is 18.9. The first-order chi connectivity index (χ1) is 20.8. The van der Waals surface area contributed by atoms with Gasteiger partial charge < -0.3 is 24.1 Å². The number of rotatable bonds is 14. The Bertz CT molecular complexity index is 1450. The molecule has 0 aromatic heterocycles. The van der Waals surface area contributed by atoms with Gasteiger partial charge in [0.25, 0.3) is 0 Å². The number of alkyl carbamates (subject to hydrolysis) is 1. The van der Waals surface area contributed by atoms with Crippen molar-refractivity contribution in [1.82, 2.24) is 5.32 Å². The minimum atomic E-state index is -5.89. The van der Waals surface area contributed by atoms with Crippen LogP contribution in [0.4, 0.5) is 22.4 Å². The molecule has 0 saturated carbocycles. The number of carbonyl (C=O) groups is 2. The summed E-state index contributed by atoms with van der Waals surface area (Å²) in [7, 11) is -8.78. The molecular formula is C31H43F4NO8SSi. The molecule has 3 N–H and O–H groups in total. The molecular weight excluding hydrogens is 650 g/mol. The molecule has 15 heteroatoms. The Balaban J connectivity index is 2.56. The number of carboxylic acids is 1. The van der Waals surface area contributed by atoms with Crippen LogP contribution in [0.2, 0.25) is 18.1 Å². The topological polar surface area (TPSA) is 139 Å². The average molecular weight is 694 g/mol. The van der Waals surface area contributed by atoms with Gasteiger partial charge in [-0.05, 0) is 99.8 Å². The second kappa shape index (κ2) is 14.7. The maximum Gasteiger partial charge on any atom is 0.534 e. The van der Waals surface area contributed by atoms with Gasteiger partial charge in [-0.3, -0.25) is 4.79 Å². The molecule has 0 aliphatic carbocycles. The number of nitrogens with one attached hydrogen (secondary N) is 1. The molecule has 0 heterocycles. The molecule has 3 atom stereocenters. The van der Waals surface area contributed by atoms with E-state index < -0.39 is 76.1 Å².